The van der Waals surface area contributed by atoms with Crippen molar-refractivity contribution in [2.75, 3.05) is 26.4 Å². The molecule has 1 amide bonds. The van der Waals surface area contributed by atoms with E-state index in [1.54, 1.807) is 4.90 Å². The minimum Gasteiger partial charge on any atom is -0.506 e. The van der Waals surface area contributed by atoms with Crippen LogP contribution < -0.4 is 0 Å². The van der Waals surface area contributed by atoms with Crippen molar-refractivity contribution >= 4 is 17.5 Å². The third kappa shape index (κ3) is 2.58. The molecule has 1 aromatic rings. The Morgan fingerprint density at radius 3 is 3.00 bits per heavy atom. The molecule has 1 aromatic carbocycles. The van der Waals surface area contributed by atoms with Crippen LogP contribution in [0.1, 0.15) is 10.4 Å². The molecular formula is C12H14ClNO4. The number of nitrogens with zero attached hydrogens (tertiary/aromatic N) is 1. The number of carbonyl (C=O) groups excluding carboxylic acids is 1. The van der Waals surface area contributed by atoms with Gasteiger partial charge in [-0.1, -0.05) is 11.6 Å². The van der Waals surface area contributed by atoms with Crippen LogP contribution in [0.2, 0.25) is 5.02 Å². The first-order chi connectivity index (χ1) is 8.63. The highest BCUT2D eigenvalue weighted by Gasteiger charge is 2.27. The van der Waals surface area contributed by atoms with E-state index in [-0.39, 0.29) is 29.3 Å². The summed E-state index contributed by atoms with van der Waals surface area (Å²) in [6.07, 6.45) is 0. The number of aliphatic hydroxyl groups is 1. The van der Waals surface area contributed by atoms with Gasteiger partial charge in [0.2, 0.25) is 0 Å². The predicted molar refractivity (Wildman–Crippen MR) is 65.8 cm³/mol. The molecule has 0 aliphatic carbocycles. The van der Waals surface area contributed by atoms with Crippen molar-refractivity contribution in [3.8, 4) is 5.75 Å². The van der Waals surface area contributed by atoms with Crippen molar-refractivity contribution in [1.29, 1.82) is 0 Å². The first-order valence-electron chi connectivity index (χ1n) is 5.61. The first kappa shape index (κ1) is 13.1. The summed E-state index contributed by atoms with van der Waals surface area (Å²) in [6, 6.07) is 3.97. The summed E-state index contributed by atoms with van der Waals surface area (Å²) >= 11 is 5.77. The molecule has 1 aliphatic rings. The lowest BCUT2D eigenvalue weighted by atomic mass is 10.1. The van der Waals surface area contributed by atoms with Crippen molar-refractivity contribution in [2.45, 2.75) is 6.04 Å². The number of hydrogen-bond donors (Lipinski definition) is 2. The minimum absolute atomic E-state index is 0.0612. The van der Waals surface area contributed by atoms with Gasteiger partial charge in [-0.15, -0.1) is 0 Å². The number of phenolic OH excluding ortho intramolecular Hbond substituents is 1. The van der Waals surface area contributed by atoms with Crippen LogP contribution in [0, 0.1) is 0 Å². The molecule has 2 rings (SSSR count). The lowest BCUT2D eigenvalue weighted by Crippen LogP contribution is -2.50. The molecule has 1 heterocycles. The standard InChI is InChI=1S/C12H14ClNO4/c13-10-5-8(1-2-11(10)16)12(17)14-3-4-18-7-9(14)6-15/h1-2,5,9,15-16H,3-4,6-7H2. The summed E-state index contributed by atoms with van der Waals surface area (Å²) in [7, 11) is 0. The van der Waals surface area contributed by atoms with Crippen LogP contribution in [0.15, 0.2) is 18.2 Å². The van der Waals surface area contributed by atoms with Gasteiger partial charge in [0.25, 0.3) is 5.91 Å². The first-order valence-corrected chi connectivity index (χ1v) is 5.99. The van der Waals surface area contributed by atoms with Crippen LogP contribution in [0.5, 0.6) is 5.75 Å². The third-order valence-corrected chi connectivity index (χ3v) is 3.20. The molecule has 2 N–H and O–H groups in total. The SMILES string of the molecule is O=C(c1ccc(O)c(Cl)c1)N1CCOCC1CO. The maximum Gasteiger partial charge on any atom is 0.254 e. The summed E-state index contributed by atoms with van der Waals surface area (Å²) in [5.41, 5.74) is 0.387. The fraction of sp³-hybridized carbons (Fsp3) is 0.417. The second kappa shape index (κ2) is 5.56. The van der Waals surface area contributed by atoms with Crippen LogP contribution in [0.25, 0.3) is 0 Å². The number of phenols is 1. The second-order valence-corrected chi connectivity index (χ2v) is 4.48. The fourth-order valence-corrected chi connectivity index (χ4v) is 2.06. The molecule has 1 fully saturated rings. The third-order valence-electron chi connectivity index (χ3n) is 2.89. The molecule has 1 saturated heterocycles. The zero-order valence-electron chi connectivity index (χ0n) is 9.67. The highest BCUT2D eigenvalue weighted by Crippen LogP contribution is 2.24. The quantitative estimate of drug-likeness (QED) is 0.838. The minimum atomic E-state index is -0.334. The number of amides is 1. The van der Waals surface area contributed by atoms with Gasteiger partial charge in [0, 0.05) is 12.1 Å². The Morgan fingerprint density at radius 2 is 2.33 bits per heavy atom. The summed E-state index contributed by atoms with van der Waals surface area (Å²) in [5, 5.41) is 18.7. The van der Waals surface area contributed by atoms with Crippen molar-refractivity contribution in [1.82, 2.24) is 4.90 Å². The van der Waals surface area contributed by atoms with E-state index in [9.17, 15) is 15.0 Å². The van der Waals surface area contributed by atoms with Crippen LogP contribution in [0.3, 0.4) is 0 Å². The number of aromatic hydroxyl groups is 1. The van der Waals surface area contributed by atoms with E-state index in [4.69, 9.17) is 16.3 Å². The number of aliphatic hydroxyl groups excluding tert-OH is 1. The van der Waals surface area contributed by atoms with Crippen molar-refractivity contribution < 1.29 is 19.7 Å². The number of hydrogen-bond acceptors (Lipinski definition) is 4. The highest BCUT2D eigenvalue weighted by molar-refractivity contribution is 6.32. The zero-order valence-corrected chi connectivity index (χ0v) is 10.4. The largest absolute Gasteiger partial charge is 0.506 e. The number of carbonyl (C=O) groups is 1. The normalized spacial score (nSPS) is 19.9. The smallest absolute Gasteiger partial charge is 0.254 e. The van der Waals surface area contributed by atoms with Crippen molar-refractivity contribution in [2.24, 2.45) is 0 Å². The molecule has 1 atom stereocenters. The lowest BCUT2D eigenvalue weighted by Gasteiger charge is -2.34. The molecule has 0 spiro atoms. The topological polar surface area (TPSA) is 70.0 Å². The van der Waals surface area contributed by atoms with Gasteiger partial charge in [-0.3, -0.25) is 4.79 Å². The summed E-state index contributed by atoms with van der Waals surface area (Å²) < 4.78 is 5.21. The zero-order chi connectivity index (χ0) is 13.1. The molecule has 1 aliphatic heterocycles. The molecule has 0 saturated carbocycles. The van der Waals surface area contributed by atoms with Gasteiger partial charge >= 0.3 is 0 Å². The Kier molecular flexibility index (Phi) is 4.06. The van der Waals surface area contributed by atoms with Gasteiger partial charge in [-0.05, 0) is 18.2 Å². The Hall–Kier alpha value is -1.30. The van der Waals surface area contributed by atoms with E-state index in [0.29, 0.717) is 25.3 Å². The molecule has 18 heavy (non-hydrogen) atoms. The van der Waals surface area contributed by atoms with E-state index < -0.39 is 0 Å². The molecular weight excluding hydrogens is 258 g/mol. The second-order valence-electron chi connectivity index (χ2n) is 4.08. The van der Waals surface area contributed by atoms with Gasteiger partial charge in [-0.2, -0.15) is 0 Å². The maximum absolute atomic E-state index is 12.3. The highest BCUT2D eigenvalue weighted by atomic mass is 35.5. The van der Waals surface area contributed by atoms with E-state index >= 15 is 0 Å². The number of morpholine rings is 1. The molecule has 0 aromatic heterocycles. The van der Waals surface area contributed by atoms with E-state index in [1.807, 2.05) is 0 Å². The van der Waals surface area contributed by atoms with E-state index in [2.05, 4.69) is 0 Å². The van der Waals surface area contributed by atoms with Crippen LogP contribution in [-0.4, -0.2) is 53.4 Å². The molecule has 1 unspecified atom stereocenters. The van der Waals surface area contributed by atoms with Crippen molar-refractivity contribution in [3.63, 3.8) is 0 Å². The molecule has 6 heteroatoms. The summed E-state index contributed by atoms with van der Waals surface area (Å²) in [6.45, 7) is 1.07. The van der Waals surface area contributed by atoms with Crippen LogP contribution >= 0.6 is 11.6 Å². The Bertz CT molecular complexity index is 452. The van der Waals surface area contributed by atoms with Gasteiger partial charge in [0.05, 0.1) is 30.9 Å². The van der Waals surface area contributed by atoms with Crippen LogP contribution in [0.4, 0.5) is 0 Å². The van der Waals surface area contributed by atoms with Gasteiger partial charge in [-0.25, -0.2) is 0 Å². The van der Waals surface area contributed by atoms with Gasteiger partial charge in [0.15, 0.2) is 0 Å². The Balaban J connectivity index is 2.21. The van der Waals surface area contributed by atoms with Gasteiger partial charge in [0.1, 0.15) is 5.75 Å². The molecule has 0 radical (unpaired) electrons. The average Bonchev–Trinajstić information content (AvgIpc) is 2.41. The maximum atomic E-state index is 12.3. The summed E-state index contributed by atoms with van der Waals surface area (Å²) in [4.78, 5) is 13.8. The van der Waals surface area contributed by atoms with Gasteiger partial charge < -0.3 is 19.8 Å². The number of ether oxygens (including phenoxy) is 1. The molecule has 5 nitrogen and oxygen atoms in total. The molecule has 0 bridgehead atoms. The predicted octanol–water partition coefficient (Wildman–Crippen LogP) is 0.879. The van der Waals surface area contributed by atoms with Crippen molar-refractivity contribution in [3.05, 3.63) is 28.8 Å². The summed E-state index contributed by atoms with van der Waals surface area (Å²) in [5.74, 6) is -0.284. The fourth-order valence-electron chi connectivity index (χ4n) is 1.88. The Labute approximate surface area is 110 Å². The number of halogens is 1. The number of rotatable bonds is 2. The van der Waals surface area contributed by atoms with E-state index in [0.717, 1.165) is 0 Å². The average molecular weight is 272 g/mol. The number of benzene rings is 1. The van der Waals surface area contributed by atoms with E-state index in [1.165, 1.54) is 18.2 Å². The van der Waals surface area contributed by atoms with Crippen LogP contribution in [-0.2, 0) is 4.74 Å². The lowest BCUT2D eigenvalue weighted by molar-refractivity contribution is -0.0183. The molecule has 98 valence electrons. The monoisotopic (exact) mass is 271 g/mol. The Morgan fingerprint density at radius 1 is 1.56 bits per heavy atom.